The summed E-state index contributed by atoms with van der Waals surface area (Å²) < 4.78 is 6.45. The SMILES string of the molecule is NNc1cnc(COc2ccc(Br)cc2Cl)cn1. The van der Waals surface area contributed by atoms with Crippen LogP contribution in [0.3, 0.4) is 0 Å². The van der Waals surface area contributed by atoms with E-state index in [1.165, 1.54) is 6.20 Å². The number of nitrogens with two attached hydrogens (primary N) is 1. The second-order valence-corrected chi connectivity index (χ2v) is 4.72. The molecule has 0 bridgehead atoms. The van der Waals surface area contributed by atoms with E-state index in [0.717, 1.165) is 4.47 Å². The molecule has 5 nitrogen and oxygen atoms in total. The van der Waals surface area contributed by atoms with Crippen LogP contribution in [-0.4, -0.2) is 9.97 Å². The predicted octanol–water partition coefficient (Wildman–Crippen LogP) is 2.76. The molecule has 0 radical (unpaired) electrons. The molecule has 3 N–H and O–H groups in total. The maximum absolute atomic E-state index is 6.03. The Morgan fingerprint density at radius 1 is 1.33 bits per heavy atom. The van der Waals surface area contributed by atoms with E-state index in [9.17, 15) is 0 Å². The van der Waals surface area contributed by atoms with Crippen LogP contribution in [0.1, 0.15) is 5.69 Å². The van der Waals surface area contributed by atoms with Gasteiger partial charge in [0.1, 0.15) is 12.4 Å². The van der Waals surface area contributed by atoms with Gasteiger partial charge in [-0.1, -0.05) is 27.5 Å². The molecule has 0 aliphatic carbocycles. The molecule has 0 amide bonds. The van der Waals surface area contributed by atoms with E-state index in [1.807, 2.05) is 6.07 Å². The van der Waals surface area contributed by atoms with Gasteiger partial charge in [0.05, 0.1) is 23.1 Å². The lowest BCUT2D eigenvalue weighted by Crippen LogP contribution is -2.09. The number of nitrogen functional groups attached to an aromatic ring is 1. The normalized spacial score (nSPS) is 10.2. The summed E-state index contributed by atoms with van der Waals surface area (Å²) in [7, 11) is 0. The Kier molecular flexibility index (Phi) is 4.35. The summed E-state index contributed by atoms with van der Waals surface area (Å²) in [5.74, 6) is 6.29. The first-order valence-electron chi connectivity index (χ1n) is 5.04. The number of ether oxygens (including phenoxy) is 1. The van der Waals surface area contributed by atoms with E-state index in [4.69, 9.17) is 22.2 Å². The number of hydrogen-bond donors (Lipinski definition) is 2. The fraction of sp³-hybridized carbons (Fsp3) is 0.0909. The van der Waals surface area contributed by atoms with E-state index in [0.29, 0.717) is 28.9 Å². The molecular weight excluding hydrogens is 320 g/mol. The lowest BCUT2D eigenvalue weighted by molar-refractivity contribution is 0.301. The first kappa shape index (κ1) is 13.1. The van der Waals surface area contributed by atoms with Crippen LogP contribution >= 0.6 is 27.5 Å². The number of halogens is 2. The molecule has 0 saturated carbocycles. The predicted molar refractivity (Wildman–Crippen MR) is 73.3 cm³/mol. The van der Waals surface area contributed by atoms with E-state index in [2.05, 4.69) is 31.3 Å². The molecule has 0 aliphatic heterocycles. The highest BCUT2D eigenvalue weighted by molar-refractivity contribution is 9.10. The minimum atomic E-state index is 0.291. The summed E-state index contributed by atoms with van der Waals surface area (Å²) in [6.45, 7) is 0.291. The molecule has 2 aromatic rings. The smallest absolute Gasteiger partial charge is 0.158 e. The van der Waals surface area contributed by atoms with Crippen LogP contribution in [0.4, 0.5) is 5.82 Å². The fourth-order valence-electron chi connectivity index (χ4n) is 1.25. The molecule has 0 fully saturated rings. The first-order valence-corrected chi connectivity index (χ1v) is 6.21. The molecule has 94 valence electrons. The van der Waals surface area contributed by atoms with Crippen molar-refractivity contribution >= 4 is 33.3 Å². The molecule has 0 saturated heterocycles. The Morgan fingerprint density at radius 3 is 2.78 bits per heavy atom. The highest BCUT2D eigenvalue weighted by atomic mass is 79.9. The van der Waals surface area contributed by atoms with Gasteiger partial charge in [0, 0.05) is 4.47 Å². The molecule has 1 aromatic heterocycles. The number of hydrazine groups is 1. The van der Waals surface area contributed by atoms with Crippen LogP contribution in [0.5, 0.6) is 5.75 Å². The second kappa shape index (κ2) is 5.99. The first-order chi connectivity index (χ1) is 8.69. The van der Waals surface area contributed by atoms with Gasteiger partial charge < -0.3 is 10.2 Å². The summed E-state index contributed by atoms with van der Waals surface area (Å²) in [4.78, 5) is 8.16. The van der Waals surface area contributed by atoms with E-state index in [-0.39, 0.29) is 0 Å². The molecule has 0 aliphatic rings. The molecule has 1 heterocycles. The Bertz CT molecular complexity index is 535. The van der Waals surface area contributed by atoms with E-state index in [1.54, 1.807) is 18.3 Å². The highest BCUT2D eigenvalue weighted by Crippen LogP contribution is 2.28. The van der Waals surface area contributed by atoms with Crippen molar-refractivity contribution in [3.05, 3.63) is 45.8 Å². The molecule has 0 unspecified atom stereocenters. The van der Waals surface area contributed by atoms with Crippen molar-refractivity contribution in [2.45, 2.75) is 6.61 Å². The zero-order chi connectivity index (χ0) is 13.0. The number of nitrogens with zero attached hydrogens (tertiary/aromatic N) is 2. The molecule has 0 spiro atoms. The second-order valence-electron chi connectivity index (χ2n) is 3.40. The number of anilines is 1. The van der Waals surface area contributed by atoms with Gasteiger partial charge in [0.15, 0.2) is 5.82 Å². The molecule has 18 heavy (non-hydrogen) atoms. The third-order valence-electron chi connectivity index (χ3n) is 2.12. The number of aromatic nitrogens is 2. The third-order valence-corrected chi connectivity index (χ3v) is 2.91. The quantitative estimate of drug-likeness (QED) is 0.666. The van der Waals surface area contributed by atoms with Crippen LogP contribution < -0.4 is 16.0 Å². The molecule has 0 atom stereocenters. The van der Waals surface area contributed by atoms with Crippen LogP contribution in [0.2, 0.25) is 5.02 Å². The standard InChI is InChI=1S/C11H10BrClN4O/c12-7-1-2-10(9(13)3-7)18-6-8-4-16-11(17-14)5-15-8/h1-5H,6,14H2,(H,16,17). The Morgan fingerprint density at radius 2 is 2.17 bits per heavy atom. The third kappa shape index (κ3) is 3.32. The molecule has 2 rings (SSSR count). The van der Waals surface area contributed by atoms with Gasteiger partial charge in [-0.15, -0.1) is 0 Å². The van der Waals surface area contributed by atoms with Crippen molar-refractivity contribution in [1.29, 1.82) is 0 Å². The molecule has 1 aromatic carbocycles. The largest absolute Gasteiger partial charge is 0.486 e. The van der Waals surface area contributed by atoms with Crippen molar-refractivity contribution in [1.82, 2.24) is 9.97 Å². The number of benzene rings is 1. The molecular formula is C11H10BrClN4O. The Balaban J connectivity index is 2.02. The number of hydrogen-bond acceptors (Lipinski definition) is 5. The summed E-state index contributed by atoms with van der Waals surface area (Å²) in [5.41, 5.74) is 3.09. The van der Waals surface area contributed by atoms with Gasteiger partial charge in [-0.2, -0.15) is 0 Å². The monoisotopic (exact) mass is 328 g/mol. The Hall–Kier alpha value is -1.37. The van der Waals surface area contributed by atoms with Crippen LogP contribution in [0, 0.1) is 0 Å². The Labute approximate surface area is 117 Å². The molecule has 7 heteroatoms. The van der Waals surface area contributed by atoms with Crippen molar-refractivity contribution in [2.75, 3.05) is 5.43 Å². The van der Waals surface area contributed by atoms with E-state index < -0.39 is 0 Å². The number of rotatable bonds is 4. The van der Waals surface area contributed by atoms with Crippen molar-refractivity contribution in [3.8, 4) is 5.75 Å². The van der Waals surface area contributed by atoms with Crippen molar-refractivity contribution in [3.63, 3.8) is 0 Å². The van der Waals surface area contributed by atoms with Crippen molar-refractivity contribution < 1.29 is 4.74 Å². The van der Waals surface area contributed by atoms with Crippen LogP contribution in [0.15, 0.2) is 35.1 Å². The fourth-order valence-corrected chi connectivity index (χ4v) is 1.98. The van der Waals surface area contributed by atoms with Crippen LogP contribution in [0.25, 0.3) is 0 Å². The minimum absolute atomic E-state index is 0.291. The maximum atomic E-state index is 6.03. The van der Waals surface area contributed by atoms with E-state index >= 15 is 0 Å². The summed E-state index contributed by atoms with van der Waals surface area (Å²) in [6, 6.07) is 5.41. The van der Waals surface area contributed by atoms with Gasteiger partial charge in [-0.25, -0.2) is 10.8 Å². The summed E-state index contributed by atoms with van der Waals surface area (Å²) in [6.07, 6.45) is 3.11. The summed E-state index contributed by atoms with van der Waals surface area (Å²) >= 11 is 9.35. The number of nitrogens with one attached hydrogen (secondary N) is 1. The van der Waals surface area contributed by atoms with Gasteiger partial charge >= 0.3 is 0 Å². The topological polar surface area (TPSA) is 73.1 Å². The van der Waals surface area contributed by atoms with Gasteiger partial charge in [0.25, 0.3) is 0 Å². The summed E-state index contributed by atoms with van der Waals surface area (Å²) in [5, 5.41) is 0.539. The minimum Gasteiger partial charge on any atom is -0.486 e. The zero-order valence-electron chi connectivity index (χ0n) is 9.23. The highest BCUT2D eigenvalue weighted by Gasteiger charge is 2.03. The lowest BCUT2D eigenvalue weighted by Gasteiger charge is -2.07. The van der Waals surface area contributed by atoms with Gasteiger partial charge in [0.2, 0.25) is 0 Å². The van der Waals surface area contributed by atoms with Gasteiger partial charge in [-0.3, -0.25) is 4.98 Å². The van der Waals surface area contributed by atoms with Gasteiger partial charge in [-0.05, 0) is 18.2 Å². The van der Waals surface area contributed by atoms with Crippen LogP contribution in [-0.2, 0) is 6.61 Å². The maximum Gasteiger partial charge on any atom is 0.158 e. The lowest BCUT2D eigenvalue weighted by atomic mass is 10.3. The van der Waals surface area contributed by atoms with Crippen molar-refractivity contribution in [2.24, 2.45) is 5.84 Å². The zero-order valence-corrected chi connectivity index (χ0v) is 11.6. The average Bonchev–Trinajstić information content (AvgIpc) is 2.38. The average molecular weight is 330 g/mol.